The molecule has 1 rings (SSSR count). The SMILES string of the molecule is CCCCCCc1nn(CC)n[n+]1CCCC.O=S(=O)([O-])C(F)(F)F. The molecule has 0 bridgehead atoms. The fourth-order valence-corrected chi connectivity index (χ4v) is 1.89. The zero-order chi connectivity index (χ0) is 19.5. The molecule has 0 fully saturated rings. The summed E-state index contributed by atoms with van der Waals surface area (Å²) in [5, 5.41) is 9.04. The molecule has 1 aromatic rings. The molecule has 1 heterocycles. The van der Waals surface area contributed by atoms with Crippen molar-refractivity contribution in [3.05, 3.63) is 5.82 Å². The standard InChI is InChI=1S/C13H27N4.CHF3O3S/c1-4-7-9-10-11-13-14-17(6-3)15-16(13)12-8-5-2;2-1(3,4)8(5,6)7/h4-12H2,1-3H3;(H,5,6,7)/q+1;/p-1. The molecule has 0 aliphatic carbocycles. The van der Waals surface area contributed by atoms with Crippen LogP contribution in [-0.2, 0) is 29.6 Å². The summed E-state index contributed by atoms with van der Waals surface area (Å²) < 4.78 is 61.0. The number of unbranched alkanes of at least 4 members (excludes halogenated alkanes) is 4. The lowest BCUT2D eigenvalue weighted by atomic mass is 10.1. The molecule has 25 heavy (non-hydrogen) atoms. The van der Waals surface area contributed by atoms with Crippen molar-refractivity contribution in [1.29, 1.82) is 0 Å². The number of aromatic nitrogens is 4. The van der Waals surface area contributed by atoms with Gasteiger partial charge in [-0.3, -0.25) is 0 Å². The van der Waals surface area contributed by atoms with Gasteiger partial charge in [-0.15, -0.1) is 4.68 Å². The third kappa shape index (κ3) is 9.73. The maximum Gasteiger partial charge on any atom is 0.485 e. The maximum absolute atomic E-state index is 10.7. The van der Waals surface area contributed by atoms with Crippen molar-refractivity contribution in [3.8, 4) is 0 Å². The molecule has 0 atom stereocenters. The molecule has 0 N–H and O–H groups in total. The Kier molecular flexibility index (Phi) is 10.8. The van der Waals surface area contributed by atoms with Crippen LogP contribution in [0.15, 0.2) is 0 Å². The minimum atomic E-state index is -6.09. The zero-order valence-corrected chi connectivity index (χ0v) is 15.7. The van der Waals surface area contributed by atoms with Gasteiger partial charge in [0.2, 0.25) is 0 Å². The van der Waals surface area contributed by atoms with Gasteiger partial charge in [0.15, 0.2) is 10.1 Å². The van der Waals surface area contributed by atoms with Gasteiger partial charge in [-0.2, -0.15) is 13.2 Å². The van der Waals surface area contributed by atoms with Crippen LogP contribution in [0.2, 0.25) is 0 Å². The normalized spacial score (nSPS) is 12.0. The number of hydrogen-bond acceptors (Lipinski definition) is 5. The van der Waals surface area contributed by atoms with Crippen molar-refractivity contribution in [1.82, 2.24) is 15.1 Å². The summed E-state index contributed by atoms with van der Waals surface area (Å²) in [4.78, 5) is 1.81. The summed E-state index contributed by atoms with van der Waals surface area (Å²) in [6, 6.07) is 0. The van der Waals surface area contributed by atoms with Gasteiger partial charge in [0, 0.05) is 6.42 Å². The van der Waals surface area contributed by atoms with E-state index in [4.69, 9.17) is 13.0 Å². The fraction of sp³-hybridized carbons (Fsp3) is 0.929. The van der Waals surface area contributed by atoms with E-state index in [0.717, 1.165) is 25.3 Å². The van der Waals surface area contributed by atoms with E-state index < -0.39 is 15.6 Å². The van der Waals surface area contributed by atoms with Crippen molar-refractivity contribution in [3.63, 3.8) is 0 Å². The van der Waals surface area contributed by atoms with Gasteiger partial charge in [-0.1, -0.05) is 39.5 Å². The molecule has 0 saturated carbocycles. The van der Waals surface area contributed by atoms with Gasteiger partial charge in [0.05, 0.1) is 16.9 Å². The minimum absolute atomic E-state index is 0.862. The number of tetrazole rings is 1. The predicted molar refractivity (Wildman–Crippen MR) is 84.4 cm³/mol. The molecule has 0 radical (unpaired) electrons. The van der Waals surface area contributed by atoms with Gasteiger partial charge in [-0.25, -0.2) is 8.42 Å². The predicted octanol–water partition coefficient (Wildman–Crippen LogP) is 2.56. The second-order valence-electron chi connectivity index (χ2n) is 5.48. The van der Waals surface area contributed by atoms with E-state index in [1.54, 1.807) is 0 Å². The third-order valence-corrected chi connectivity index (χ3v) is 3.85. The lowest BCUT2D eigenvalue weighted by molar-refractivity contribution is -0.762. The van der Waals surface area contributed by atoms with Crippen molar-refractivity contribution in [2.75, 3.05) is 0 Å². The molecule has 0 amide bonds. The molecule has 0 saturated heterocycles. The van der Waals surface area contributed by atoms with Crippen LogP contribution in [0, 0.1) is 0 Å². The van der Waals surface area contributed by atoms with E-state index in [2.05, 4.69) is 35.8 Å². The topological polar surface area (TPSA) is 91.8 Å². The minimum Gasteiger partial charge on any atom is -0.741 e. The van der Waals surface area contributed by atoms with Gasteiger partial charge in [0.1, 0.15) is 6.54 Å². The van der Waals surface area contributed by atoms with E-state index in [-0.39, 0.29) is 0 Å². The van der Waals surface area contributed by atoms with Crippen LogP contribution < -0.4 is 4.68 Å². The number of rotatable bonds is 9. The second-order valence-corrected chi connectivity index (χ2v) is 6.85. The highest BCUT2D eigenvalue weighted by Gasteiger charge is 2.36. The Hall–Kier alpha value is -1.23. The number of aryl methyl sites for hydroxylation is 3. The molecular weight excluding hydrogens is 361 g/mol. The lowest BCUT2D eigenvalue weighted by Crippen LogP contribution is -2.40. The van der Waals surface area contributed by atoms with E-state index in [9.17, 15) is 13.2 Å². The molecule has 0 aromatic carbocycles. The van der Waals surface area contributed by atoms with Gasteiger partial charge >= 0.3 is 5.51 Å². The average Bonchev–Trinajstić information content (AvgIpc) is 2.90. The van der Waals surface area contributed by atoms with Crippen LogP contribution in [0.5, 0.6) is 0 Å². The Morgan fingerprint density at radius 1 is 1.08 bits per heavy atom. The fourth-order valence-electron chi connectivity index (χ4n) is 1.89. The number of alkyl halides is 3. The van der Waals surface area contributed by atoms with Crippen molar-refractivity contribution >= 4 is 10.1 Å². The van der Waals surface area contributed by atoms with E-state index in [0.29, 0.717) is 0 Å². The average molecular weight is 388 g/mol. The molecule has 0 aliphatic rings. The third-order valence-electron chi connectivity index (χ3n) is 3.28. The van der Waals surface area contributed by atoms with Crippen LogP contribution in [0.3, 0.4) is 0 Å². The summed E-state index contributed by atoms with van der Waals surface area (Å²) in [6.45, 7) is 8.42. The van der Waals surface area contributed by atoms with Crippen molar-refractivity contribution in [2.45, 2.75) is 84.3 Å². The van der Waals surface area contributed by atoms with Gasteiger partial charge in [-0.05, 0) is 24.6 Å². The highest BCUT2D eigenvalue weighted by Crippen LogP contribution is 2.20. The summed E-state index contributed by atoms with van der Waals surface area (Å²) in [7, 11) is -6.09. The first-order valence-electron chi connectivity index (χ1n) is 8.43. The van der Waals surface area contributed by atoms with Crippen LogP contribution >= 0.6 is 0 Å². The Morgan fingerprint density at radius 2 is 1.64 bits per heavy atom. The highest BCUT2D eigenvalue weighted by molar-refractivity contribution is 7.86. The van der Waals surface area contributed by atoms with Crippen LogP contribution in [0.4, 0.5) is 13.2 Å². The smallest absolute Gasteiger partial charge is 0.485 e. The first-order chi connectivity index (χ1) is 11.6. The van der Waals surface area contributed by atoms with Crippen LogP contribution in [-0.4, -0.2) is 33.6 Å². The molecule has 0 aliphatic heterocycles. The molecule has 0 spiro atoms. The summed E-state index contributed by atoms with van der Waals surface area (Å²) in [5.74, 6) is 1.16. The molecular formula is C14H27F3N4O3S. The molecule has 1 aromatic heterocycles. The quantitative estimate of drug-likeness (QED) is 0.281. The first-order valence-corrected chi connectivity index (χ1v) is 9.83. The first kappa shape index (κ1) is 23.8. The van der Waals surface area contributed by atoms with E-state index in [1.165, 1.54) is 38.5 Å². The molecule has 148 valence electrons. The Labute approximate surface area is 147 Å². The van der Waals surface area contributed by atoms with Crippen LogP contribution in [0.25, 0.3) is 0 Å². The van der Waals surface area contributed by atoms with Crippen molar-refractivity contribution < 1.29 is 30.8 Å². The molecule has 7 nitrogen and oxygen atoms in total. The summed E-state index contributed by atoms with van der Waals surface area (Å²) in [6.07, 6.45) is 8.64. The van der Waals surface area contributed by atoms with E-state index >= 15 is 0 Å². The second kappa shape index (κ2) is 11.4. The molecule has 11 heteroatoms. The van der Waals surface area contributed by atoms with Gasteiger partial charge < -0.3 is 4.55 Å². The summed E-state index contributed by atoms with van der Waals surface area (Å²) in [5.41, 5.74) is -5.65. The number of halogens is 3. The monoisotopic (exact) mass is 388 g/mol. The summed E-state index contributed by atoms with van der Waals surface area (Å²) >= 11 is 0. The number of hydrogen-bond donors (Lipinski definition) is 0. The molecule has 0 unspecified atom stereocenters. The lowest BCUT2D eigenvalue weighted by Gasteiger charge is -2.08. The highest BCUT2D eigenvalue weighted by atomic mass is 32.2. The Bertz CT molecular complexity index is 589. The van der Waals surface area contributed by atoms with E-state index in [1.807, 2.05) is 4.80 Å². The number of nitrogens with zero attached hydrogens (tertiary/aromatic N) is 4. The Morgan fingerprint density at radius 3 is 2.08 bits per heavy atom. The Balaban J connectivity index is 0.000000609. The van der Waals surface area contributed by atoms with Gasteiger partial charge in [0.25, 0.3) is 5.82 Å². The zero-order valence-electron chi connectivity index (χ0n) is 14.9. The van der Waals surface area contributed by atoms with Crippen LogP contribution in [0.1, 0.15) is 65.1 Å². The van der Waals surface area contributed by atoms with Crippen molar-refractivity contribution in [2.24, 2.45) is 0 Å². The largest absolute Gasteiger partial charge is 0.741 e. The maximum atomic E-state index is 10.7.